The maximum absolute atomic E-state index is 11.7. The van der Waals surface area contributed by atoms with Crippen molar-refractivity contribution in [1.29, 1.82) is 0 Å². The summed E-state index contributed by atoms with van der Waals surface area (Å²) in [7, 11) is 6.06. The quantitative estimate of drug-likeness (QED) is 0.438. The summed E-state index contributed by atoms with van der Waals surface area (Å²) >= 11 is 0. The number of aromatic nitrogens is 3. The van der Waals surface area contributed by atoms with E-state index in [0.717, 1.165) is 16.6 Å². The lowest BCUT2D eigenvalue weighted by molar-refractivity contribution is 0.0600. The molecule has 0 fully saturated rings. The number of ether oxygens (including phenoxy) is 4. The standard InChI is InChI=1S/C23H21N3O5/c1-28-18-12-15(13-19(29-2)21(18)30-3)20-17-6-5-11-24-22(17)26(25-20)16-9-7-14(8-10-16)23(27)31-4/h5-13H,1-4H3. The molecule has 0 aliphatic carbocycles. The average Bonchev–Trinajstić information content (AvgIpc) is 3.22. The van der Waals surface area contributed by atoms with Crippen LogP contribution in [0.1, 0.15) is 10.4 Å². The van der Waals surface area contributed by atoms with E-state index in [-0.39, 0.29) is 0 Å². The van der Waals surface area contributed by atoms with E-state index < -0.39 is 5.97 Å². The van der Waals surface area contributed by atoms with Gasteiger partial charge in [-0.15, -0.1) is 0 Å². The average molecular weight is 419 g/mol. The molecule has 2 aromatic carbocycles. The van der Waals surface area contributed by atoms with Crippen LogP contribution in [0.15, 0.2) is 54.7 Å². The summed E-state index contributed by atoms with van der Waals surface area (Å²) in [6.07, 6.45) is 1.71. The minimum Gasteiger partial charge on any atom is -0.493 e. The Morgan fingerprint density at radius 2 is 1.58 bits per heavy atom. The lowest BCUT2D eigenvalue weighted by atomic mass is 10.1. The monoisotopic (exact) mass is 419 g/mol. The Hall–Kier alpha value is -4.07. The number of hydrogen-bond donors (Lipinski definition) is 0. The maximum atomic E-state index is 11.7. The molecule has 2 aromatic heterocycles. The second kappa shape index (κ2) is 8.35. The largest absolute Gasteiger partial charge is 0.493 e. The number of pyridine rings is 1. The van der Waals surface area contributed by atoms with Crippen molar-refractivity contribution in [1.82, 2.24) is 14.8 Å². The number of rotatable bonds is 6. The van der Waals surface area contributed by atoms with E-state index in [1.807, 2.05) is 24.3 Å². The van der Waals surface area contributed by atoms with E-state index in [2.05, 4.69) is 4.98 Å². The molecule has 0 radical (unpaired) electrons. The third-order valence-corrected chi connectivity index (χ3v) is 4.91. The van der Waals surface area contributed by atoms with E-state index in [1.54, 1.807) is 56.5 Å². The minimum absolute atomic E-state index is 0.395. The number of hydrogen-bond acceptors (Lipinski definition) is 7. The Balaban J connectivity index is 1.89. The van der Waals surface area contributed by atoms with Crippen molar-refractivity contribution < 1.29 is 23.7 Å². The van der Waals surface area contributed by atoms with Gasteiger partial charge in [0.2, 0.25) is 5.75 Å². The molecular weight excluding hydrogens is 398 g/mol. The molecule has 8 nitrogen and oxygen atoms in total. The molecule has 2 heterocycles. The summed E-state index contributed by atoms with van der Waals surface area (Å²) in [5.41, 5.74) is 3.39. The predicted octanol–water partition coefficient (Wildman–Crippen LogP) is 3.90. The number of benzene rings is 2. The molecule has 0 bridgehead atoms. The van der Waals surface area contributed by atoms with Gasteiger partial charge in [0.05, 0.1) is 39.7 Å². The zero-order chi connectivity index (χ0) is 22.0. The van der Waals surface area contributed by atoms with Gasteiger partial charge in [0.25, 0.3) is 0 Å². The van der Waals surface area contributed by atoms with Gasteiger partial charge in [-0.1, -0.05) is 0 Å². The van der Waals surface area contributed by atoms with Gasteiger partial charge in [0, 0.05) is 17.1 Å². The number of nitrogens with zero attached hydrogens (tertiary/aromatic N) is 3. The van der Waals surface area contributed by atoms with Crippen LogP contribution in [0.25, 0.3) is 28.0 Å². The van der Waals surface area contributed by atoms with E-state index in [1.165, 1.54) is 7.11 Å². The lowest BCUT2D eigenvalue weighted by Crippen LogP contribution is -2.02. The van der Waals surface area contributed by atoms with Crippen molar-refractivity contribution >= 4 is 17.0 Å². The van der Waals surface area contributed by atoms with Crippen molar-refractivity contribution in [3.05, 3.63) is 60.3 Å². The summed E-state index contributed by atoms with van der Waals surface area (Å²) in [6.45, 7) is 0. The van der Waals surface area contributed by atoms with Crippen LogP contribution in [0.4, 0.5) is 0 Å². The van der Waals surface area contributed by atoms with Crippen LogP contribution >= 0.6 is 0 Å². The highest BCUT2D eigenvalue weighted by Crippen LogP contribution is 2.42. The molecule has 158 valence electrons. The molecule has 0 aliphatic rings. The lowest BCUT2D eigenvalue weighted by Gasteiger charge is -2.13. The van der Waals surface area contributed by atoms with Gasteiger partial charge in [0.1, 0.15) is 5.69 Å². The summed E-state index contributed by atoms with van der Waals surface area (Å²) in [6, 6.07) is 14.5. The molecule has 0 spiro atoms. The van der Waals surface area contributed by atoms with Crippen LogP contribution in [0.3, 0.4) is 0 Å². The first-order chi connectivity index (χ1) is 15.1. The molecule has 4 aromatic rings. The van der Waals surface area contributed by atoms with Crippen molar-refractivity contribution in [2.45, 2.75) is 0 Å². The highest BCUT2D eigenvalue weighted by molar-refractivity contribution is 5.93. The Bertz CT molecular complexity index is 1220. The topological polar surface area (TPSA) is 84.7 Å². The summed E-state index contributed by atoms with van der Waals surface area (Å²) in [4.78, 5) is 16.3. The second-order valence-electron chi connectivity index (χ2n) is 6.59. The van der Waals surface area contributed by atoms with E-state index in [9.17, 15) is 4.79 Å². The Morgan fingerprint density at radius 1 is 0.903 bits per heavy atom. The van der Waals surface area contributed by atoms with Gasteiger partial charge < -0.3 is 18.9 Å². The van der Waals surface area contributed by atoms with Gasteiger partial charge in [-0.25, -0.2) is 14.5 Å². The first-order valence-electron chi connectivity index (χ1n) is 9.44. The third-order valence-electron chi connectivity index (χ3n) is 4.91. The molecule has 0 aliphatic heterocycles. The fraction of sp³-hybridized carbons (Fsp3) is 0.174. The van der Waals surface area contributed by atoms with Gasteiger partial charge in [0.15, 0.2) is 17.1 Å². The van der Waals surface area contributed by atoms with Crippen molar-refractivity contribution in [3.63, 3.8) is 0 Å². The molecule has 0 atom stereocenters. The van der Waals surface area contributed by atoms with Crippen molar-refractivity contribution in [2.75, 3.05) is 28.4 Å². The fourth-order valence-corrected chi connectivity index (χ4v) is 3.42. The fourth-order valence-electron chi connectivity index (χ4n) is 3.42. The first kappa shape index (κ1) is 20.2. The Kier molecular flexibility index (Phi) is 5.44. The molecule has 0 saturated carbocycles. The van der Waals surface area contributed by atoms with Gasteiger partial charge in [-0.05, 0) is 48.5 Å². The Labute approximate surface area is 178 Å². The normalized spacial score (nSPS) is 10.7. The third kappa shape index (κ3) is 3.52. The highest BCUT2D eigenvalue weighted by atomic mass is 16.5. The molecule has 0 saturated heterocycles. The first-order valence-corrected chi connectivity index (χ1v) is 9.44. The van der Waals surface area contributed by atoms with E-state index >= 15 is 0 Å². The van der Waals surface area contributed by atoms with Crippen molar-refractivity contribution in [2.24, 2.45) is 0 Å². The summed E-state index contributed by atoms with van der Waals surface area (Å²) in [5, 5.41) is 5.67. The zero-order valence-corrected chi connectivity index (χ0v) is 17.6. The Morgan fingerprint density at radius 3 is 2.16 bits per heavy atom. The number of esters is 1. The predicted molar refractivity (Wildman–Crippen MR) is 115 cm³/mol. The minimum atomic E-state index is -0.395. The van der Waals surface area contributed by atoms with Crippen LogP contribution in [0.2, 0.25) is 0 Å². The highest BCUT2D eigenvalue weighted by Gasteiger charge is 2.19. The molecule has 0 amide bonds. The van der Waals surface area contributed by atoms with Crippen LogP contribution < -0.4 is 14.2 Å². The van der Waals surface area contributed by atoms with E-state index in [4.69, 9.17) is 24.0 Å². The van der Waals surface area contributed by atoms with E-state index in [0.29, 0.717) is 34.2 Å². The molecule has 8 heteroatoms. The van der Waals surface area contributed by atoms with Crippen LogP contribution in [0, 0.1) is 0 Å². The number of carbonyl (C=O) groups excluding carboxylic acids is 1. The van der Waals surface area contributed by atoms with Crippen LogP contribution in [-0.4, -0.2) is 49.2 Å². The van der Waals surface area contributed by atoms with Crippen molar-refractivity contribution in [3.8, 4) is 34.2 Å². The molecule has 4 rings (SSSR count). The zero-order valence-electron chi connectivity index (χ0n) is 17.6. The molecule has 0 N–H and O–H groups in total. The summed E-state index contributed by atoms with van der Waals surface area (Å²) in [5.74, 6) is 1.18. The number of fused-ring (bicyclic) bond motifs is 1. The van der Waals surface area contributed by atoms with Gasteiger partial charge in [-0.2, -0.15) is 5.10 Å². The smallest absolute Gasteiger partial charge is 0.337 e. The van der Waals surface area contributed by atoms with Gasteiger partial charge in [-0.3, -0.25) is 0 Å². The number of methoxy groups -OCH3 is 4. The molecular formula is C23H21N3O5. The molecule has 0 unspecified atom stereocenters. The number of carbonyl (C=O) groups is 1. The SMILES string of the molecule is COC(=O)c1ccc(-n2nc(-c3cc(OC)c(OC)c(OC)c3)c3cccnc32)cc1. The van der Waals surface area contributed by atoms with Crippen LogP contribution in [0.5, 0.6) is 17.2 Å². The summed E-state index contributed by atoms with van der Waals surface area (Å²) < 4.78 is 22.9. The van der Waals surface area contributed by atoms with Crippen LogP contribution in [-0.2, 0) is 4.74 Å². The second-order valence-corrected chi connectivity index (χ2v) is 6.59. The molecule has 31 heavy (non-hydrogen) atoms. The maximum Gasteiger partial charge on any atom is 0.337 e. The van der Waals surface area contributed by atoms with Gasteiger partial charge >= 0.3 is 5.97 Å².